The molecule has 3 aromatic carbocycles. The number of benzene rings is 3. The van der Waals surface area contributed by atoms with Crippen LogP contribution in [0.1, 0.15) is 34.3 Å². The molecule has 4 heteroatoms. The molecule has 0 saturated heterocycles. The van der Waals surface area contributed by atoms with Crippen molar-refractivity contribution in [1.82, 2.24) is 0 Å². The Morgan fingerprint density at radius 1 is 0.852 bits per heavy atom. The number of hydrogen-bond donors (Lipinski definition) is 0. The molecule has 1 aliphatic heterocycles. The summed E-state index contributed by atoms with van der Waals surface area (Å²) in [6.07, 6.45) is 0. The Balaban J connectivity index is 1.87. The lowest BCUT2D eigenvalue weighted by Gasteiger charge is -2.32. The van der Waals surface area contributed by atoms with Crippen molar-refractivity contribution in [2.24, 2.45) is 5.92 Å². The second kappa shape index (κ2) is 7.12. The van der Waals surface area contributed by atoms with Crippen molar-refractivity contribution in [1.29, 1.82) is 0 Å². The van der Waals surface area contributed by atoms with Crippen LogP contribution in [0.15, 0.2) is 82.6 Å². The Kier molecular flexibility index (Phi) is 4.66. The Hall–Kier alpha value is -2.72. The highest BCUT2D eigenvalue weighted by Gasteiger charge is 2.39. The van der Waals surface area contributed by atoms with Crippen LogP contribution in [0.5, 0.6) is 0 Å². The highest BCUT2D eigenvalue weighted by molar-refractivity contribution is 7.99. The molecule has 0 fully saturated rings. The van der Waals surface area contributed by atoms with Gasteiger partial charge in [0.2, 0.25) is 0 Å². The first-order valence-electron chi connectivity index (χ1n) is 8.72. The van der Waals surface area contributed by atoms with E-state index in [9.17, 15) is 14.0 Å². The monoisotopic (exact) mass is 376 g/mol. The highest BCUT2D eigenvalue weighted by atomic mass is 32.2. The average Bonchev–Trinajstić information content (AvgIpc) is 2.68. The molecule has 3 aromatic rings. The van der Waals surface area contributed by atoms with E-state index >= 15 is 0 Å². The van der Waals surface area contributed by atoms with Crippen LogP contribution in [-0.2, 0) is 4.79 Å². The van der Waals surface area contributed by atoms with E-state index in [0.29, 0.717) is 5.56 Å². The lowest BCUT2D eigenvalue weighted by Crippen LogP contribution is -2.31. The van der Waals surface area contributed by atoms with Crippen LogP contribution in [0.3, 0.4) is 0 Å². The maximum Gasteiger partial charge on any atom is 0.174 e. The Morgan fingerprint density at radius 2 is 1.37 bits per heavy atom. The molecule has 0 radical (unpaired) electrons. The third-order valence-corrected chi connectivity index (χ3v) is 6.09. The van der Waals surface area contributed by atoms with Crippen molar-refractivity contribution in [3.8, 4) is 0 Å². The minimum atomic E-state index is -0.848. The number of rotatable bonds is 4. The van der Waals surface area contributed by atoms with Gasteiger partial charge in [-0.25, -0.2) is 4.39 Å². The number of Topliss-reactive ketones (excluding diaryl/α,β-unsaturated/α-hetero) is 2. The topological polar surface area (TPSA) is 34.1 Å². The molecule has 0 aromatic heterocycles. The third-order valence-electron chi connectivity index (χ3n) is 4.91. The molecular weight excluding hydrogens is 359 g/mol. The van der Waals surface area contributed by atoms with Crippen LogP contribution in [0.2, 0.25) is 0 Å². The number of carbonyl (C=O) groups excluding carboxylic acids is 2. The Bertz CT molecular complexity index is 981. The van der Waals surface area contributed by atoms with E-state index in [1.54, 1.807) is 11.8 Å². The molecular formula is C23H17FO2S. The molecule has 0 amide bonds. The van der Waals surface area contributed by atoms with Crippen LogP contribution in [0.25, 0.3) is 0 Å². The van der Waals surface area contributed by atoms with Gasteiger partial charge in [0.05, 0.1) is 5.92 Å². The zero-order chi connectivity index (χ0) is 19.0. The van der Waals surface area contributed by atoms with Crippen molar-refractivity contribution in [2.75, 3.05) is 0 Å². The zero-order valence-corrected chi connectivity index (χ0v) is 15.5. The van der Waals surface area contributed by atoms with Crippen LogP contribution in [-0.4, -0.2) is 11.6 Å². The minimum absolute atomic E-state index is 0.189. The van der Waals surface area contributed by atoms with E-state index in [0.717, 1.165) is 20.9 Å². The van der Waals surface area contributed by atoms with Gasteiger partial charge >= 0.3 is 0 Å². The smallest absolute Gasteiger partial charge is 0.174 e. The first kappa shape index (κ1) is 17.7. The van der Waals surface area contributed by atoms with Gasteiger partial charge in [0.25, 0.3) is 0 Å². The van der Waals surface area contributed by atoms with Gasteiger partial charge in [-0.05, 0) is 54.4 Å². The molecule has 1 atom stereocenters. The third kappa shape index (κ3) is 3.21. The number of fused-ring (bicyclic) bond motifs is 2. The molecule has 1 heterocycles. The SMILES string of the molecule is CC(=O)[C@H](C(=O)c1ccc(F)cc1)C1c2ccccc2Sc2ccccc21. The second-order valence-corrected chi connectivity index (χ2v) is 7.70. The van der Waals surface area contributed by atoms with E-state index in [1.807, 2.05) is 48.5 Å². The molecule has 0 N–H and O–H groups in total. The number of hydrogen-bond acceptors (Lipinski definition) is 3. The standard InChI is InChI=1S/C23H17FO2S/c1-14(25)21(23(26)15-10-12-16(24)13-11-15)22-17-6-2-4-8-19(17)27-20-9-5-3-7-18(20)22/h2-13,21-22H,1H3/t21-/m0/s1. The summed E-state index contributed by atoms with van der Waals surface area (Å²) in [5, 5.41) is 0. The average molecular weight is 376 g/mol. The molecule has 1 aliphatic rings. The molecule has 2 nitrogen and oxygen atoms in total. The van der Waals surface area contributed by atoms with Gasteiger partial charge in [-0.15, -0.1) is 0 Å². The Labute approximate surface area is 161 Å². The fourth-order valence-electron chi connectivity index (χ4n) is 3.67. The summed E-state index contributed by atoms with van der Waals surface area (Å²) >= 11 is 1.65. The zero-order valence-electron chi connectivity index (χ0n) is 14.7. The van der Waals surface area contributed by atoms with E-state index in [2.05, 4.69) is 0 Å². The van der Waals surface area contributed by atoms with Gasteiger partial charge < -0.3 is 0 Å². The molecule has 27 heavy (non-hydrogen) atoms. The summed E-state index contributed by atoms with van der Waals surface area (Å²) in [6, 6.07) is 21.2. The van der Waals surface area contributed by atoms with Crippen LogP contribution in [0, 0.1) is 11.7 Å². The number of carbonyl (C=O) groups is 2. The first-order chi connectivity index (χ1) is 13.1. The molecule has 134 valence electrons. The Morgan fingerprint density at radius 3 is 1.89 bits per heavy atom. The minimum Gasteiger partial charge on any atom is -0.299 e. The molecule has 0 saturated carbocycles. The van der Waals surface area contributed by atoms with Gasteiger partial charge in [-0.2, -0.15) is 0 Å². The molecule has 4 rings (SSSR count). The summed E-state index contributed by atoms with van der Waals surface area (Å²) in [7, 11) is 0. The van der Waals surface area contributed by atoms with Crippen LogP contribution < -0.4 is 0 Å². The molecule has 0 bridgehead atoms. The number of halogens is 1. The first-order valence-corrected chi connectivity index (χ1v) is 9.54. The maximum atomic E-state index is 13.3. The van der Waals surface area contributed by atoms with E-state index in [4.69, 9.17) is 0 Å². The van der Waals surface area contributed by atoms with Crippen molar-refractivity contribution >= 4 is 23.3 Å². The quantitative estimate of drug-likeness (QED) is 0.445. The fraction of sp³-hybridized carbons (Fsp3) is 0.130. The maximum absolute atomic E-state index is 13.3. The number of ketones is 2. The fourth-order valence-corrected chi connectivity index (χ4v) is 4.83. The summed E-state index contributed by atoms with van der Waals surface area (Å²) in [4.78, 5) is 28.0. The van der Waals surface area contributed by atoms with E-state index < -0.39 is 11.7 Å². The van der Waals surface area contributed by atoms with Crippen molar-refractivity contribution < 1.29 is 14.0 Å². The van der Waals surface area contributed by atoms with Crippen molar-refractivity contribution in [2.45, 2.75) is 22.6 Å². The van der Waals surface area contributed by atoms with Crippen LogP contribution >= 0.6 is 11.8 Å². The lowest BCUT2D eigenvalue weighted by atomic mass is 9.75. The summed E-state index contributed by atoms with van der Waals surface area (Å²) in [5.41, 5.74) is 2.32. The summed E-state index contributed by atoms with van der Waals surface area (Å²) in [5.74, 6) is -2.07. The molecule has 0 spiro atoms. The predicted molar refractivity (Wildman–Crippen MR) is 104 cm³/mol. The second-order valence-electron chi connectivity index (χ2n) is 6.61. The van der Waals surface area contributed by atoms with Gasteiger partial charge in [0, 0.05) is 21.3 Å². The van der Waals surface area contributed by atoms with E-state index in [1.165, 1.54) is 31.2 Å². The van der Waals surface area contributed by atoms with Gasteiger partial charge in [-0.3, -0.25) is 9.59 Å². The highest BCUT2D eigenvalue weighted by Crippen LogP contribution is 2.49. The van der Waals surface area contributed by atoms with Crippen LogP contribution in [0.4, 0.5) is 4.39 Å². The lowest BCUT2D eigenvalue weighted by molar-refractivity contribution is -0.119. The van der Waals surface area contributed by atoms with Crippen molar-refractivity contribution in [3.63, 3.8) is 0 Å². The largest absolute Gasteiger partial charge is 0.299 e. The van der Waals surface area contributed by atoms with Gasteiger partial charge in [-0.1, -0.05) is 48.2 Å². The van der Waals surface area contributed by atoms with Crippen molar-refractivity contribution in [3.05, 3.63) is 95.3 Å². The van der Waals surface area contributed by atoms with E-state index in [-0.39, 0.29) is 17.5 Å². The predicted octanol–water partition coefficient (Wildman–Crippen LogP) is 5.51. The normalized spacial score (nSPS) is 14.1. The van der Waals surface area contributed by atoms with Gasteiger partial charge in [0.15, 0.2) is 5.78 Å². The molecule has 0 unspecified atom stereocenters. The summed E-state index contributed by atoms with van der Waals surface area (Å²) < 4.78 is 13.3. The molecule has 0 aliphatic carbocycles. The summed E-state index contributed by atoms with van der Waals surface area (Å²) in [6.45, 7) is 1.46. The van der Waals surface area contributed by atoms with Gasteiger partial charge in [0.1, 0.15) is 11.6 Å².